The molecule has 4 rings (SSSR count). The highest BCUT2D eigenvalue weighted by atomic mass is 32.2. The molecule has 7 heteroatoms. The molecule has 1 aromatic heterocycles. The predicted molar refractivity (Wildman–Crippen MR) is 114 cm³/mol. The summed E-state index contributed by atoms with van der Waals surface area (Å²) in [4.78, 5) is 12.7. The van der Waals surface area contributed by atoms with Gasteiger partial charge in [0.2, 0.25) is 5.91 Å². The quantitative estimate of drug-likeness (QED) is 0.571. The van der Waals surface area contributed by atoms with Gasteiger partial charge in [-0.15, -0.1) is 10.2 Å². The van der Waals surface area contributed by atoms with E-state index in [0.717, 1.165) is 29.7 Å². The van der Waals surface area contributed by atoms with Crippen molar-refractivity contribution in [3.63, 3.8) is 0 Å². The van der Waals surface area contributed by atoms with Crippen LogP contribution in [-0.2, 0) is 4.79 Å². The van der Waals surface area contributed by atoms with E-state index in [1.807, 2.05) is 43.5 Å². The van der Waals surface area contributed by atoms with Gasteiger partial charge in [0.15, 0.2) is 11.0 Å². The molecule has 29 heavy (non-hydrogen) atoms. The van der Waals surface area contributed by atoms with Gasteiger partial charge in [-0.2, -0.15) is 0 Å². The number of rotatable bonds is 6. The molecule has 1 saturated carbocycles. The number of carbonyl (C=O) groups excluding carboxylic acids is 1. The Kier molecular flexibility index (Phi) is 5.41. The first kappa shape index (κ1) is 19.6. The van der Waals surface area contributed by atoms with Crippen LogP contribution in [0.25, 0.3) is 11.4 Å². The summed E-state index contributed by atoms with van der Waals surface area (Å²) in [5.74, 6) is 0.105. The SMILES string of the molecule is Cc1ccc(NC(=O)C(C)Sc2nnc(-c3ccccc3F)n2C2CC2)c(C)c1. The smallest absolute Gasteiger partial charge is 0.237 e. The minimum atomic E-state index is -0.370. The highest BCUT2D eigenvalue weighted by Gasteiger charge is 2.32. The molecule has 1 unspecified atom stereocenters. The summed E-state index contributed by atoms with van der Waals surface area (Å²) in [6, 6.07) is 12.8. The van der Waals surface area contributed by atoms with Gasteiger partial charge in [0, 0.05) is 11.7 Å². The van der Waals surface area contributed by atoms with Gasteiger partial charge in [0.25, 0.3) is 0 Å². The molecule has 3 aromatic rings. The molecule has 1 aliphatic carbocycles. The Morgan fingerprint density at radius 3 is 2.66 bits per heavy atom. The van der Waals surface area contributed by atoms with Crippen LogP contribution in [0.3, 0.4) is 0 Å². The van der Waals surface area contributed by atoms with Crippen molar-refractivity contribution in [1.82, 2.24) is 14.8 Å². The van der Waals surface area contributed by atoms with Gasteiger partial charge in [-0.25, -0.2) is 4.39 Å². The summed E-state index contributed by atoms with van der Waals surface area (Å²) in [5.41, 5.74) is 3.43. The van der Waals surface area contributed by atoms with Crippen LogP contribution in [0.1, 0.15) is 36.9 Å². The first-order chi connectivity index (χ1) is 13.9. The molecule has 2 aromatic carbocycles. The van der Waals surface area contributed by atoms with Crippen LogP contribution in [0.15, 0.2) is 47.6 Å². The van der Waals surface area contributed by atoms with E-state index in [1.165, 1.54) is 17.8 Å². The molecular formula is C22H23FN4OS. The molecule has 1 fully saturated rings. The predicted octanol–water partition coefficient (Wildman–Crippen LogP) is 5.16. The van der Waals surface area contributed by atoms with Crippen LogP contribution >= 0.6 is 11.8 Å². The second kappa shape index (κ2) is 7.99. The molecule has 150 valence electrons. The average Bonchev–Trinajstić information content (AvgIpc) is 3.45. The maximum absolute atomic E-state index is 14.3. The van der Waals surface area contributed by atoms with E-state index in [-0.39, 0.29) is 23.0 Å². The van der Waals surface area contributed by atoms with Crippen molar-refractivity contribution in [3.05, 3.63) is 59.4 Å². The van der Waals surface area contributed by atoms with E-state index in [2.05, 4.69) is 15.5 Å². The van der Waals surface area contributed by atoms with E-state index < -0.39 is 0 Å². The van der Waals surface area contributed by atoms with Crippen molar-refractivity contribution in [2.45, 2.75) is 50.1 Å². The Morgan fingerprint density at radius 2 is 1.97 bits per heavy atom. The van der Waals surface area contributed by atoms with Crippen molar-refractivity contribution in [3.8, 4) is 11.4 Å². The van der Waals surface area contributed by atoms with Gasteiger partial charge in [0.05, 0.1) is 10.8 Å². The van der Waals surface area contributed by atoms with Crippen LogP contribution in [0.2, 0.25) is 0 Å². The van der Waals surface area contributed by atoms with Crippen molar-refractivity contribution in [2.75, 3.05) is 5.32 Å². The highest BCUT2D eigenvalue weighted by molar-refractivity contribution is 8.00. The first-order valence-electron chi connectivity index (χ1n) is 9.68. The second-order valence-electron chi connectivity index (χ2n) is 7.45. The molecule has 1 atom stereocenters. The number of aryl methyl sites for hydroxylation is 2. The third-order valence-corrected chi connectivity index (χ3v) is 6.04. The minimum absolute atomic E-state index is 0.0975. The lowest BCUT2D eigenvalue weighted by molar-refractivity contribution is -0.115. The van der Waals surface area contributed by atoms with Crippen molar-refractivity contribution < 1.29 is 9.18 Å². The Morgan fingerprint density at radius 1 is 1.21 bits per heavy atom. The normalized spacial score (nSPS) is 14.6. The van der Waals surface area contributed by atoms with Gasteiger partial charge in [-0.05, 0) is 57.4 Å². The van der Waals surface area contributed by atoms with Crippen molar-refractivity contribution in [1.29, 1.82) is 0 Å². The summed E-state index contributed by atoms with van der Waals surface area (Å²) in [6.45, 7) is 5.85. The highest BCUT2D eigenvalue weighted by Crippen LogP contribution is 2.42. The molecule has 0 spiro atoms. The van der Waals surface area contributed by atoms with E-state index in [9.17, 15) is 9.18 Å². The number of carbonyl (C=O) groups is 1. The number of benzene rings is 2. The van der Waals surface area contributed by atoms with Crippen LogP contribution < -0.4 is 5.32 Å². The van der Waals surface area contributed by atoms with Crippen LogP contribution in [0.5, 0.6) is 0 Å². The zero-order valence-electron chi connectivity index (χ0n) is 16.6. The molecule has 0 saturated heterocycles. The fourth-order valence-corrected chi connectivity index (χ4v) is 4.16. The number of amides is 1. The minimum Gasteiger partial charge on any atom is -0.325 e. The zero-order chi connectivity index (χ0) is 20.5. The van der Waals surface area contributed by atoms with Gasteiger partial charge in [-0.3, -0.25) is 9.36 Å². The number of nitrogens with one attached hydrogen (secondary N) is 1. The zero-order valence-corrected chi connectivity index (χ0v) is 17.5. The molecule has 1 aliphatic rings. The molecule has 5 nitrogen and oxygen atoms in total. The third kappa shape index (κ3) is 4.19. The summed E-state index contributed by atoms with van der Waals surface area (Å²) in [5, 5.41) is 11.8. The lowest BCUT2D eigenvalue weighted by Gasteiger charge is -2.15. The number of hydrogen-bond acceptors (Lipinski definition) is 4. The Labute approximate surface area is 173 Å². The number of anilines is 1. The van der Waals surface area contributed by atoms with Gasteiger partial charge in [0.1, 0.15) is 5.82 Å². The number of aromatic nitrogens is 3. The number of thioether (sulfide) groups is 1. The number of nitrogens with zero attached hydrogens (tertiary/aromatic N) is 3. The van der Waals surface area contributed by atoms with Gasteiger partial charge >= 0.3 is 0 Å². The topological polar surface area (TPSA) is 59.8 Å². The number of hydrogen-bond donors (Lipinski definition) is 1. The van der Waals surface area contributed by atoms with E-state index >= 15 is 0 Å². The van der Waals surface area contributed by atoms with Crippen LogP contribution in [-0.4, -0.2) is 25.9 Å². The second-order valence-corrected chi connectivity index (χ2v) is 8.76. The fourth-order valence-electron chi connectivity index (χ4n) is 3.25. The Bertz CT molecular complexity index is 1060. The Balaban J connectivity index is 1.55. The van der Waals surface area contributed by atoms with Gasteiger partial charge < -0.3 is 5.32 Å². The molecule has 1 heterocycles. The van der Waals surface area contributed by atoms with E-state index in [0.29, 0.717) is 16.5 Å². The van der Waals surface area contributed by atoms with Gasteiger partial charge in [-0.1, -0.05) is 41.6 Å². The molecule has 0 radical (unpaired) electrons. The monoisotopic (exact) mass is 410 g/mol. The van der Waals surface area contributed by atoms with Crippen LogP contribution in [0, 0.1) is 19.7 Å². The lowest BCUT2D eigenvalue weighted by atomic mass is 10.1. The van der Waals surface area contributed by atoms with E-state index in [1.54, 1.807) is 18.2 Å². The largest absolute Gasteiger partial charge is 0.325 e. The van der Waals surface area contributed by atoms with Crippen molar-refractivity contribution in [2.24, 2.45) is 0 Å². The first-order valence-corrected chi connectivity index (χ1v) is 10.6. The van der Waals surface area contributed by atoms with Crippen LogP contribution in [0.4, 0.5) is 10.1 Å². The summed E-state index contributed by atoms with van der Waals surface area (Å²) < 4.78 is 16.3. The van der Waals surface area contributed by atoms with Crippen molar-refractivity contribution >= 4 is 23.4 Å². The lowest BCUT2D eigenvalue weighted by Crippen LogP contribution is -2.23. The maximum Gasteiger partial charge on any atom is 0.237 e. The summed E-state index contributed by atoms with van der Waals surface area (Å²) in [7, 11) is 0. The molecule has 1 amide bonds. The summed E-state index contributed by atoms with van der Waals surface area (Å²) in [6.07, 6.45) is 2.02. The summed E-state index contributed by atoms with van der Waals surface area (Å²) >= 11 is 1.35. The Hall–Kier alpha value is -2.67. The average molecular weight is 411 g/mol. The molecule has 0 bridgehead atoms. The fraction of sp³-hybridized carbons (Fsp3) is 0.318. The third-order valence-electron chi connectivity index (χ3n) is 4.98. The number of halogens is 1. The molecule has 0 aliphatic heterocycles. The molecule has 1 N–H and O–H groups in total. The standard InChI is InChI=1S/C22H23FN4OS/c1-13-8-11-19(14(2)12-13)24-21(28)15(3)29-22-26-25-20(27(22)16-9-10-16)17-6-4-5-7-18(17)23/h4-8,11-12,15-16H,9-10H2,1-3H3,(H,24,28). The maximum atomic E-state index is 14.3. The van der Waals surface area contributed by atoms with E-state index in [4.69, 9.17) is 0 Å². The molecular weight excluding hydrogens is 387 g/mol.